The lowest BCUT2D eigenvalue weighted by atomic mass is 10.0. The number of anilines is 2. The normalized spacial score (nSPS) is 10.7. The van der Waals surface area contributed by atoms with Crippen molar-refractivity contribution >= 4 is 29.3 Å². The Balaban J connectivity index is 1.96. The molecule has 148 valence electrons. The third-order valence-electron chi connectivity index (χ3n) is 3.44. The van der Waals surface area contributed by atoms with Crippen molar-refractivity contribution in [2.24, 2.45) is 5.73 Å². The highest BCUT2D eigenvalue weighted by atomic mass is 16.6. The number of nitrogens with two attached hydrogens (primary N) is 1. The zero-order chi connectivity index (χ0) is 20.7. The molecule has 0 aliphatic heterocycles. The molecule has 0 aromatic heterocycles. The zero-order valence-corrected chi connectivity index (χ0v) is 16.1. The number of guanidine groups is 1. The van der Waals surface area contributed by atoms with Crippen LogP contribution in [0.3, 0.4) is 0 Å². The predicted molar refractivity (Wildman–Crippen MR) is 110 cm³/mol. The van der Waals surface area contributed by atoms with Crippen LogP contribution < -0.4 is 21.7 Å². The lowest BCUT2D eigenvalue weighted by molar-refractivity contribution is -0.115. The number of amides is 2. The highest BCUT2D eigenvalue weighted by Gasteiger charge is 2.16. The van der Waals surface area contributed by atoms with E-state index in [1.54, 1.807) is 26.8 Å². The third kappa shape index (κ3) is 6.99. The van der Waals surface area contributed by atoms with Gasteiger partial charge >= 0.3 is 6.09 Å². The van der Waals surface area contributed by atoms with Gasteiger partial charge in [0.25, 0.3) is 0 Å². The van der Waals surface area contributed by atoms with Crippen molar-refractivity contribution in [3.05, 3.63) is 48.5 Å². The van der Waals surface area contributed by atoms with Gasteiger partial charge in [0.15, 0.2) is 5.96 Å². The van der Waals surface area contributed by atoms with E-state index in [2.05, 4.69) is 16.0 Å². The van der Waals surface area contributed by atoms with E-state index >= 15 is 0 Å². The topological polar surface area (TPSA) is 129 Å². The predicted octanol–water partition coefficient (Wildman–Crippen LogP) is 3.12. The molecule has 0 spiro atoms. The van der Waals surface area contributed by atoms with Crippen LogP contribution in [0.1, 0.15) is 20.8 Å². The molecule has 0 atom stereocenters. The first-order valence-corrected chi connectivity index (χ1v) is 8.71. The fourth-order valence-electron chi connectivity index (χ4n) is 2.35. The number of benzene rings is 2. The van der Waals surface area contributed by atoms with Crippen LogP contribution in [-0.2, 0) is 9.53 Å². The lowest BCUT2D eigenvalue weighted by Gasteiger charge is -2.19. The second-order valence-electron chi connectivity index (χ2n) is 7.10. The van der Waals surface area contributed by atoms with Crippen molar-refractivity contribution in [3.8, 4) is 11.1 Å². The van der Waals surface area contributed by atoms with E-state index in [9.17, 15) is 9.59 Å². The maximum absolute atomic E-state index is 12.1. The number of carbonyl (C=O) groups excluding carboxylic acids is 2. The number of alkyl carbamates (subject to hydrolysis) is 1. The summed E-state index contributed by atoms with van der Waals surface area (Å²) in [5, 5.41) is 15.1. The van der Waals surface area contributed by atoms with Gasteiger partial charge in [0.2, 0.25) is 5.91 Å². The van der Waals surface area contributed by atoms with Gasteiger partial charge in [-0.25, -0.2) is 4.79 Å². The van der Waals surface area contributed by atoms with Crippen molar-refractivity contribution in [2.75, 3.05) is 17.2 Å². The van der Waals surface area contributed by atoms with E-state index in [0.29, 0.717) is 11.4 Å². The van der Waals surface area contributed by atoms with Crippen molar-refractivity contribution in [1.29, 1.82) is 5.41 Å². The van der Waals surface area contributed by atoms with Gasteiger partial charge in [0.1, 0.15) is 12.1 Å². The Kier molecular flexibility index (Phi) is 6.59. The van der Waals surface area contributed by atoms with Crippen LogP contribution in [0.25, 0.3) is 11.1 Å². The first-order chi connectivity index (χ1) is 13.1. The summed E-state index contributed by atoms with van der Waals surface area (Å²) in [5.41, 5.74) is 7.87. The van der Waals surface area contributed by atoms with Gasteiger partial charge in [0.05, 0.1) is 0 Å². The molecule has 6 N–H and O–H groups in total. The molecule has 0 aliphatic rings. The quantitative estimate of drug-likeness (QED) is 0.400. The summed E-state index contributed by atoms with van der Waals surface area (Å²) >= 11 is 0. The largest absolute Gasteiger partial charge is 0.444 e. The van der Waals surface area contributed by atoms with Crippen LogP contribution in [0.4, 0.5) is 16.2 Å². The Morgan fingerprint density at radius 2 is 1.68 bits per heavy atom. The number of ether oxygens (including phenoxy) is 1. The first kappa shape index (κ1) is 20.8. The molecule has 2 rings (SSSR count). The maximum Gasteiger partial charge on any atom is 0.408 e. The van der Waals surface area contributed by atoms with Gasteiger partial charge in [0, 0.05) is 11.4 Å². The lowest BCUT2D eigenvalue weighted by Crippen LogP contribution is -2.37. The molecular formula is C20H25N5O3. The standard InChI is InChI=1S/C20H25N5O3/c1-20(2,3)28-19(27)23-12-17(26)24-16-6-4-5-14(11-16)13-7-9-15(10-8-13)25-18(21)22/h4-11H,12H2,1-3H3,(H,23,27)(H,24,26)(H4,21,22,25). The molecule has 8 nitrogen and oxygen atoms in total. The Morgan fingerprint density at radius 3 is 2.29 bits per heavy atom. The summed E-state index contributed by atoms with van der Waals surface area (Å²) in [6, 6.07) is 14.7. The van der Waals surface area contributed by atoms with Crippen molar-refractivity contribution < 1.29 is 14.3 Å². The molecule has 2 aromatic carbocycles. The van der Waals surface area contributed by atoms with Gasteiger partial charge in [-0.1, -0.05) is 24.3 Å². The van der Waals surface area contributed by atoms with Crippen LogP contribution in [0.5, 0.6) is 0 Å². The van der Waals surface area contributed by atoms with Gasteiger partial charge < -0.3 is 26.4 Å². The fourth-order valence-corrected chi connectivity index (χ4v) is 2.35. The van der Waals surface area contributed by atoms with Crippen molar-refractivity contribution in [1.82, 2.24) is 5.32 Å². The molecule has 0 aliphatic carbocycles. The molecule has 0 saturated carbocycles. The highest BCUT2D eigenvalue weighted by Crippen LogP contribution is 2.24. The maximum atomic E-state index is 12.1. The van der Waals surface area contributed by atoms with Crippen LogP contribution in [-0.4, -0.2) is 30.1 Å². The smallest absolute Gasteiger partial charge is 0.408 e. The monoisotopic (exact) mass is 383 g/mol. The average Bonchev–Trinajstić information content (AvgIpc) is 2.59. The van der Waals surface area contributed by atoms with Crippen molar-refractivity contribution in [3.63, 3.8) is 0 Å². The number of nitrogens with one attached hydrogen (secondary N) is 4. The fraction of sp³-hybridized carbons (Fsp3) is 0.250. The molecular weight excluding hydrogens is 358 g/mol. The Labute approximate surface area is 164 Å². The number of hydrogen-bond donors (Lipinski definition) is 5. The minimum Gasteiger partial charge on any atom is -0.444 e. The summed E-state index contributed by atoms with van der Waals surface area (Å²) in [6.07, 6.45) is -0.643. The van der Waals surface area contributed by atoms with Gasteiger partial charge in [-0.05, 0) is 56.2 Å². The minimum absolute atomic E-state index is 0.127. The highest BCUT2D eigenvalue weighted by molar-refractivity contribution is 5.94. The summed E-state index contributed by atoms with van der Waals surface area (Å²) in [6.45, 7) is 5.06. The molecule has 0 bridgehead atoms. The molecule has 0 fully saturated rings. The average molecular weight is 383 g/mol. The summed E-state index contributed by atoms with van der Waals surface area (Å²) in [7, 11) is 0. The second-order valence-corrected chi connectivity index (χ2v) is 7.10. The number of hydrogen-bond acceptors (Lipinski definition) is 4. The minimum atomic E-state index is -0.643. The van der Waals surface area contributed by atoms with Gasteiger partial charge in [-0.2, -0.15) is 0 Å². The van der Waals surface area contributed by atoms with E-state index in [0.717, 1.165) is 11.1 Å². The van der Waals surface area contributed by atoms with E-state index in [1.807, 2.05) is 42.5 Å². The summed E-state index contributed by atoms with van der Waals surface area (Å²) < 4.78 is 5.09. The van der Waals surface area contributed by atoms with Crippen LogP contribution in [0.2, 0.25) is 0 Å². The summed E-state index contributed by atoms with van der Waals surface area (Å²) in [5.74, 6) is -0.485. The second kappa shape index (κ2) is 8.90. The Morgan fingerprint density at radius 1 is 1.00 bits per heavy atom. The van der Waals surface area contributed by atoms with E-state index in [-0.39, 0.29) is 18.4 Å². The number of rotatable bonds is 5. The molecule has 2 aromatic rings. The Hall–Kier alpha value is -3.55. The van der Waals surface area contributed by atoms with E-state index < -0.39 is 11.7 Å². The first-order valence-electron chi connectivity index (χ1n) is 8.71. The van der Waals surface area contributed by atoms with E-state index in [4.69, 9.17) is 15.9 Å². The zero-order valence-electron chi connectivity index (χ0n) is 16.1. The van der Waals surface area contributed by atoms with Crippen LogP contribution >= 0.6 is 0 Å². The summed E-state index contributed by atoms with van der Waals surface area (Å²) in [4.78, 5) is 23.7. The van der Waals surface area contributed by atoms with Crippen LogP contribution in [0.15, 0.2) is 48.5 Å². The Bertz CT molecular complexity index is 857. The molecule has 8 heteroatoms. The molecule has 28 heavy (non-hydrogen) atoms. The molecule has 0 heterocycles. The SMILES string of the molecule is CC(C)(C)OC(=O)NCC(=O)Nc1cccc(-c2ccc(NC(=N)N)cc2)c1. The molecule has 2 amide bonds. The molecule has 0 saturated heterocycles. The van der Waals surface area contributed by atoms with Crippen molar-refractivity contribution in [2.45, 2.75) is 26.4 Å². The van der Waals surface area contributed by atoms with E-state index in [1.165, 1.54) is 0 Å². The van der Waals surface area contributed by atoms with Crippen LogP contribution in [0, 0.1) is 5.41 Å². The molecule has 0 unspecified atom stereocenters. The number of carbonyl (C=O) groups is 2. The third-order valence-corrected chi connectivity index (χ3v) is 3.44. The molecule has 0 radical (unpaired) electrons. The van der Waals surface area contributed by atoms with Gasteiger partial charge in [-0.15, -0.1) is 0 Å². The van der Waals surface area contributed by atoms with Gasteiger partial charge in [-0.3, -0.25) is 10.2 Å².